The van der Waals surface area contributed by atoms with Gasteiger partial charge in [0, 0.05) is 7.05 Å². The van der Waals surface area contributed by atoms with Crippen molar-refractivity contribution in [2.75, 3.05) is 13.7 Å². The minimum atomic E-state index is -0.436. The normalized spacial score (nSPS) is 29.9. The molecule has 0 aromatic heterocycles. The van der Waals surface area contributed by atoms with Crippen LogP contribution in [0.1, 0.15) is 6.42 Å². The Hall–Kier alpha value is -0.880. The van der Waals surface area contributed by atoms with Gasteiger partial charge in [-0.05, 0) is 6.42 Å². The first-order chi connectivity index (χ1) is 6.79. The Balaban J connectivity index is 1.91. The van der Waals surface area contributed by atoms with Gasteiger partial charge in [-0.15, -0.1) is 0 Å². The van der Waals surface area contributed by atoms with E-state index >= 15 is 0 Å². The molecule has 5 nitrogen and oxygen atoms in total. The lowest BCUT2D eigenvalue weighted by Gasteiger charge is -2.15. The fourth-order valence-electron chi connectivity index (χ4n) is 1.31. The van der Waals surface area contributed by atoms with Gasteiger partial charge in [0.05, 0.1) is 12.3 Å². The Labute approximate surface area is 86.2 Å². The van der Waals surface area contributed by atoms with E-state index in [9.17, 15) is 4.79 Å². The molecule has 0 radical (unpaired) electrons. The van der Waals surface area contributed by atoms with E-state index in [1.54, 1.807) is 0 Å². The quantitative estimate of drug-likeness (QED) is 0.672. The topological polar surface area (TPSA) is 59.6 Å². The van der Waals surface area contributed by atoms with E-state index in [0.29, 0.717) is 0 Å². The van der Waals surface area contributed by atoms with Gasteiger partial charge in [0.15, 0.2) is 0 Å². The molecule has 2 rings (SSSR count). The Morgan fingerprint density at radius 2 is 2.71 bits per heavy atom. The number of alkyl carbamates (subject to hydrolysis) is 1. The minimum Gasteiger partial charge on any atom is -0.416 e. The highest BCUT2D eigenvalue weighted by atomic mass is 32.2. The first kappa shape index (κ1) is 9.67. The Bertz CT molecular complexity index is 269. The van der Waals surface area contributed by atoms with Gasteiger partial charge in [-0.2, -0.15) is 0 Å². The van der Waals surface area contributed by atoms with Crippen molar-refractivity contribution in [3.05, 3.63) is 11.8 Å². The zero-order valence-corrected chi connectivity index (χ0v) is 8.60. The van der Waals surface area contributed by atoms with Crippen molar-refractivity contribution in [3.63, 3.8) is 0 Å². The summed E-state index contributed by atoms with van der Waals surface area (Å²) in [5, 5.41) is 5.47. The maximum Gasteiger partial charge on any atom is 0.409 e. The van der Waals surface area contributed by atoms with Gasteiger partial charge in [0.2, 0.25) is 5.56 Å². The second-order valence-electron chi connectivity index (χ2n) is 2.92. The number of nitrogens with one attached hydrogen (secondary N) is 2. The van der Waals surface area contributed by atoms with Crippen molar-refractivity contribution in [3.8, 4) is 0 Å². The molecule has 0 saturated carbocycles. The van der Waals surface area contributed by atoms with E-state index in [-0.39, 0.29) is 11.0 Å². The summed E-state index contributed by atoms with van der Waals surface area (Å²) in [5.74, 6) is 0. The average Bonchev–Trinajstić information content (AvgIpc) is 2.59. The highest BCUT2D eigenvalue weighted by Gasteiger charge is 2.33. The number of hydrogen-bond donors (Lipinski definition) is 2. The summed E-state index contributed by atoms with van der Waals surface area (Å²) in [6.45, 7) is 0.732. The SMILES string of the molecule is CNC(=O)OC1NC2=CCCOC2S1. The van der Waals surface area contributed by atoms with Crippen molar-refractivity contribution in [2.24, 2.45) is 0 Å². The summed E-state index contributed by atoms with van der Waals surface area (Å²) < 4.78 is 10.5. The molecule has 2 heterocycles. The summed E-state index contributed by atoms with van der Waals surface area (Å²) in [4.78, 5) is 10.9. The molecule has 0 aliphatic carbocycles. The third-order valence-electron chi connectivity index (χ3n) is 1.96. The second kappa shape index (κ2) is 4.10. The van der Waals surface area contributed by atoms with E-state index in [2.05, 4.69) is 16.7 Å². The summed E-state index contributed by atoms with van der Waals surface area (Å²) in [6, 6.07) is 0. The van der Waals surface area contributed by atoms with Crippen molar-refractivity contribution >= 4 is 17.9 Å². The lowest BCUT2D eigenvalue weighted by atomic mass is 10.3. The second-order valence-corrected chi connectivity index (χ2v) is 4.05. The van der Waals surface area contributed by atoms with Crippen LogP contribution in [0.5, 0.6) is 0 Å². The summed E-state index contributed by atoms with van der Waals surface area (Å²) in [5.41, 5.74) is 0.665. The lowest BCUT2D eigenvalue weighted by Crippen LogP contribution is -2.30. The highest BCUT2D eigenvalue weighted by molar-refractivity contribution is 8.00. The minimum absolute atomic E-state index is 0.00148. The molecule has 0 aromatic rings. The monoisotopic (exact) mass is 216 g/mol. The Morgan fingerprint density at radius 1 is 1.86 bits per heavy atom. The van der Waals surface area contributed by atoms with Gasteiger partial charge in [-0.25, -0.2) is 4.79 Å². The standard InChI is InChI=1S/C8H12N2O3S/c1-9-7(11)13-8-10-5-3-2-4-12-6(5)14-8/h3,6,8,10H,2,4H2,1H3,(H,9,11). The van der Waals surface area contributed by atoms with Crippen LogP contribution in [0, 0.1) is 0 Å². The van der Waals surface area contributed by atoms with E-state index in [0.717, 1.165) is 18.7 Å². The molecule has 0 aromatic carbocycles. The lowest BCUT2D eigenvalue weighted by molar-refractivity contribution is 0.121. The number of ether oxygens (including phenoxy) is 2. The van der Waals surface area contributed by atoms with Crippen LogP contribution in [0.15, 0.2) is 11.8 Å². The first-order valence-electron chi connectivity index (χ1n) is 4.41. The zero-order valence-electron chi connectivity index (χ0n) is 7.78. The molecular weight excluding hydrogens is 204 g/mol. The molecule has 2 aliphatic heterocycles. The van der Waals surface area contributed by atoms with Gasteiger partial charge in [-0.1, -0.05) is 17.8 Å². The number of hydrogen-bond acceptors (Lipinski definition) is 5. The summed E-state index contributed by atoms with van der Waals surface area (Å²) >= 11 is 1.45. The summed E-state index contributed by atoms with van der Waals surface area (Å²) in [6.07, 6.45) is 2.55. The number of fused-ring (bicyclic) bond motifs is 1. The number of carbonyl (C=O) groups excluding carboxylic acids is 1. The predicted octanol–water partition coefficient (Wildman–Crippen LogP) is 0.593. The van der Waals surface area contributed by atoms with Crippen molar-refractivity contribution < 1.29 is 14.3 Å². The van der Waals surface area contributed by atoms with Crippen LogP contribution >= 0.6 is 11.8 Å². The molecule has 0 spiro atoms. The Morgan fingerprint density at radius 3 is 3.43 bits per heavy atom. The van der Waals surface area contributed by atoms with Crippen LogP contribution in [0.3, 0.4) is 0 Å². The number of thioether (sulfide) groups is 1. The van der Waals surface area contributed by atoms with Crippen LogP contribution in [-0.2, 0) is 9.47 Å². The average molecular weight is 216 g/mol. The van der Waals surface area contributed by atoms with E-state index in [1.807, 2.05) is 0 Å². The van der Waals surface area contributed by atoms with Gasteiger partial charge in [-0.3, -0.25) is 0 Å². The third-order valence-corrected chi connectivity index (χ3v) is 3.05. The summed E-state index contributed by atoms with van der Waals surface area (Å²) in [7, 11) is 1.53. The van der Waals surface area contributed by atoms with E-state index in [1.165, 1.54) is 18.8 Å². The van der Waals surface area contributed by atoms with Crippen LogP contribution in [-0.4, -0.2) is 30.7 Å². The molecule has 2 aliphatic rings. The van der Waals surface area contributed by atoms with Gasteiger partial charge >= 0.3 is 6.09 Å². The molecular formula is C8H12N2O3S. The van der Waals surface area contributed by atoms with Gasteiger partial charge in [0.1, 0.15) is 5.44 Å². The van der Waals surface area contributed by atoms with Crippen LogP contribution < -0.4 is 10.6 Å². The van der Waals surface area contributed by atoms with Gasteiger partial charge < -0.3 is 20.1 Å². The fourth-order valence-corrected chi connectivity index (χ4v) is 2.37. The third kappa shape index (κ3) is 1.96. The molecule has 6 heteroatoms. The van der Waals surface area contributed by atoms with Crippen molar-refractivity contribution in [2.45, 2.75) is 17.4 Å². The molecule has 2 unspecified atom stereocenters. The fraction of sp³-hybridized carbons (Fsp3) is 0.625. The zero-order chi connectivity index (χ0) is 9.97. The first-order valence-corrected chi connectivity index (χ1v) is 5.36. The number of amides is 1. The van der Waals surface area contributed by atoms with E-state index < -0.39 is 6.09 Å². The largest absolute Gasteiger partial charge is 0.416 e. The maximum absolute atomic E-state index is 10.9. The van der Waals surface area contributed by atoms with E-state index in [4.69, 9.17) is 9.47 Å². The molecule has 1 amide bonds. The molecule has 1 fully saturated rings. The molecule has 2 N–H and O–H groups in total. The molecule has 14 heavy (non-hydrogen) atoms. The number of carbonyl (C=O) groups is 1. The molecule has 78 valence electrons. The maximum atomic E-state index is 10.9. The van der Waals surface area contributed by atoms with Crippen LogP contribution in [0.4, 0.5) is 4.79 Å². The molecule has 2 atom stereocenters. The van der Waals surface area contributed by atoms with Crippen molar-refractivity contribution in [1.82, 2.24) is 10.6 Å². The van der Waals surface area contributed by atoms with Gasteiger partial charge in [0.25, 0.3) is 0 Å². The van der Waals surface area contributed by atoms with Crippen LogP contribution in [0.25, 0.3) is 0 Å². The highest BCUT2D eigenvalue weighted by Crippen LogP contribution is 2.33. The van der Waals surface area contributed by atoms with Crippen molar-refractivity contribution in [1.29, 1.82) is 0 Å². The smallest absolute Gasteiger partial charge is 0.409 e. The number of rotatable bonds is 1. The van der Waals surface area contributed by atoms with Crippen LogP contribution in [0.2, 0.25) is 0 Å². The predicted molar refractivity (Wildman–Crippen MR) is 52.5 cm³/mol. The molecule has 1 saturated heterocycles. The molecule has 0 bridgehead atoms. The Kier molecular flexibility index (Phi) is 2.83.